The molecule has 10 nitrogen and oxygen atoms in total. The Labute approximate surface area is 188 Å². The Kier molecular flexibility index (Phi) is 6.25. The molecule has 3 aliphatic rings. The summed E-state index contributed by atoms with van der Waals surface area (Å²) in [5.41, 5.74) is 0.709. The van der Waals surface area contributed by atoms with Crippen molar-refractivity contribution < 1.29 is 14.3 Å². The predicted molar refractivity (Wildman–Crippen MR) is 118 cm³/mol. The molecule has 0 bridgehead atoms. The van der Waals surface area contributed by atoms with Crippen molar-refractivity contribution in [1.82, 2.24) is 29.6 Å². The molecule has 5 rings (SSSR count). The number of anilines is 1. The van der Waals surface area contributed by atoms with Crippen molar-refractivity contribution in [1.29, 1.82) is 0 Å². The first kappa shape index (κ1) is 21.5. The quantitative estimate of drug-likeness (QED) is 0.652. The lowest BCUT2D eigenvalue weighted by atomic mass is 10.0. The van der Waals surface area contributed by atoms with Crippen LogP contribution in [0.2, 0.25) is 0 Å². The van der Waals surface area contributed by atoms with Gasteiger partial charge in [0.1, 0.15) is 5.82 Å². The van der Waals surface area contributed by atoms with Crippen LogP contribution in [0.15, 0.2) is 12.1 Å². The van der Waals surface area contributed by atoms with E-state index in [1.54, 1.807) is 4.52 Å². The molecule has 0 atom stereocenters. The molecule has 3 aliphatic heterocycles. The van der Waals surface area contributed by atoms with E-state index in [4.69, 9.17) is 14.6 Å². The Morgan fingerprint density at radius 2 is 1.78 bits per heavy atom. The van der Waals surface area contributed by atoms with Crippen LogP contribution >= 0.6 is 0 Å². The number of hydrogen-bond donors (Lipinski definition) is 0. The molecule has 5 heterocycles. The molecule has 32 heavy (non-hydrogen) atoms. The standard InChI is InChI=1S/C22H33N7O3/c1-2-9-26-12-14-28(15-13-26)21(30)6-5-19-24-23-18-3-4-20(25-29(18)19)27-10-7-22(8-11-27)31-16-17-32-22/h3-4H,2,5-17H2,1H3. The monoisotopic (exact) mass is 443 g/mol. The predicted octanol–water partition coefficient (Wildman–Crippen LogP) is 0.954. The van der Waals surface area contributed by atoms with Crippen molar-refractivity contribution >= 4 is 17.4 Å². The number of piperazine rings is 1. The highest BCUT2D eigenvalue weighted by molar-refractivity contribution is 5.76. The van der Waals surface area contributed by atoms with Gasteiger partial charge >= 0.3 is 0 Å². The molecule has 174 valence electrons. The van der Waals surface area contributed by atoms with Crippen LogP contribution in [0, 0.1) is 0 Å². The topological polar surface area (TPSA) is 88.3 Å². The van der Waals surface area contributed by atoms with Crippen LogP contribution in [0.5, 0.6) is 0 Å². The van der Waals surface area contributed by atoms with Gasteiger partial charge < -0.3 is 19.3 Å². The molecule has 0 aliphatic carbocycles. The van der Waals surface area contributed by atoms with E-state index in [-0.39, 0.29) is 5.91 Å². The fraction of sp³-hybridized carbons (Fsp3) is 0.727. The number of hydrogen-bond acceptors (Lipinski definition) is 8. The third kappa shape index (κ3) is 4.44. The number of carbonyl (C=O) groups excluding carboxylic acids is 1. The Balaban J connectivity index is 1.19. The number of aryl methyl sites for hydroxylation is 1. The second-order valence-electron chi connectivity index (χ2n) is 8.89. The summed E-state index contributed by atoms with van der Waals surface area (Å²) in [6, 6.07) is 3.93. The van der Waals surface area contributed by atoms with Gasteiger partial charge in [-0.25, -0.2) is 0 Å². The third-order valence-electron chi connectivity index (χ3n) is 6.80. The highest BCUT2D eigenvalue weighted by atomic mass is 16.7. The van der Waals surface area contributed by atoms with Crippen LogP contribution in [0.25, 0.3) is 5.65 Å². The number of aromatic nitrogens is 4. The van der Waals surface area contributed by atoms with Gasteiger partial charge in [-0.2, -0.15) is 4.52 Å². The normalized spacial score (nSPS) is 21.7. The molecule has 0 radical (unpaired) electrons. The molecular weight excluding hydrogens is 410 g/mol. The van der Waals surface area contributed by atoms with Gasteiger partial charge in [0.2, 0.25) is 5.91 Å². The van der Waals surface area contributed by atoms with Crippen LogP contribution in [-0.4, -0.2) is 100 Å². The zero-order chi connectivity index (χ0) is 22.0. The lowest BCUT2D eigenvalue weighted by molar-refractivity contribution is -0.169. The van der Waals surface area contributed by atoms with E-state index < -0.39 is 5.79 Å². The minimum atomic E-state index is -0.398. The molecule has 1 spiro atoms. The molecule has 0 N–H and O–H groups in total. The summed E-state index contributed by atoms with van der Waals surface area (Å²) in [5, 5.41) is 13.3. The maximum Gasteiger partial charge on any atom is 0.223 e. The van der Waals surface area contributed by atoms with Crippen LogP contribution in [0.3, 0.4) is 0 Å². The van der Waals surface area contributed by atoms with E-state index in [9.17, 15) is 4.79 Å². The van der Waals surface area contributed by atoms with E-state index in [2.05, 4.69) is 26.9 Å². The molecule has 1 amide bonds. The molecule has 3 saturated heterocycles. The first-order chi connectivity index (χ1) is 15.7. The summed E-state index contributed by atoms with van der Waals surface area (Å²) in [5.74, 6) is 1.41. The van der Waals surface area contributed by atoms with Crippen molar-refractivity contribution in [3.05, 3.63) is 18.0 Å². The Hall–Kier alpha value is -2.30. The third-order valence-corrected chi connectivity index (χ3v) is 6.80. The van der Waals surface area contributed by atoms with E-state index in [0.29, 0.717) is 31.7 Å². The van der Waals surface area contributed by atoms with E-state index >= 15 is 0 Å². The van der Waals surface area contributed by atoms with Crippen molar-refractivity contribution in [3.8, 4) is 0 Å². The number of ether oxygens (including phenoxy) is 2. The first-order valence-corrected chi connectivity index (χ1v) is 11.9. The summed E-state index contributed by atoms with van der Waals surface area (Å²) >= 11 is 0. The zero-order valence-corrected chi connectivity index (χ0v) is 18.9. The molecular formula is C22H33N7O3. The number of piperidine rings is 1. The van der Waals surface area contributed by atoms with Gasteiger partial charge in [0, 0.05) is 65.0 Å². The Morgan fingerprint density at radius 1 is 1.03 bits per heavy atom. The fourth-order valence-electron chi connectivity index (χ4n) is 4.92. The maximum absolute atomic E-state index is 12.7. The van der Waals surface area contributed by atoms with Crippen molar-refractivity contribution in [2.75, 3.05) is 63.9 Å². The average Bonchev–Trinajstić information content (AvgIpc) is 3.45. The van der Waals surface area contributed by atoms with Gasteiger partial charge in [0.25, 0.3) is 0 Å². The van der Waals surface area contributed by atoms with E-state index in [0.717, 1.165) is 76.7 Å². The SMILES string of the molecule is CCCN1CCN(C(=O)CCc2nnc3ccc(N4CCC5(CC4)OCCO5)nn23)CC1. The summed E-state index contributed by atoms with van der Waals surface area (Å²) in [4.78, 5) is 19.4. The van der Waals surface area contributed by atoms with Gasteiger partial charge in [-0.3, -0.25) is 9.69 Å². The zero-order valence-electron chi connectivity index (χ0n) is 18.9. The minimum absolute atomic E-state index is 0.187. The summed E-state index contributed by atoms with van der Waals surface area (Å²) < 4.78 is 13.4. The highest BCUT2D eigenvalue weighted by Crippen LogP contribution is 2.32. The minimum Gasteiger partial charge on any atom is -0.355 e. The van der Waals surface area contributed by atoms with Crippen molar-refractivity contribution in [2.45, 2.75) is 44.8 Å². The Morgan fingerprint density at radius 3 is 2.50 bits per heavy atom. The molecule has 2 aromatic heterocycles. The van der Waals surface area contributed by atoms with Gasteiger partial charge in [-0.15, -0.1) is 15.3 Å². The van der Waals surface area contributed by atoms with Crippen molar-refractivity contribution in [3.63, 3.8) is 0 Å². The number of nitrogens with zero attached hydrogens (tertiary/aromatic N) is 7. The molecule has 0 unspecified atom stereocenters. The van der Waals surface area contributed by atoms with Crippen LogP contribution in [0.4, 0.5) is 5.82 Å². The fourth-order valence-corrected chi connectivity index (χ4v) is 4.92. The number of fused-ring (bicyclic) bond motifs is 1. The lowest BCUT2D eigenvalue weighted by Gasteiger charge is -2.38. The lowest BCUT2D eigenvalue weighted by Crippen LogP contribution is -2.48. The highest BCUT2D eigenvalue weighted by Gasteiger charge is 2.40. The number of amides is 1. The number of carbonyl (C=O) groups is 1. The molecule has 0 aromatic carbocycles. The summed E-state index contributed by atoms with van der Waals surface area (Å²) in [7, 11) is 0. The van der Waals surface area contributed by atoms with Gasteiger partial charge in [-0.05, 0) is 25.1 Å². The van der Waals surface area contributed by atoms with E-state index in [1.807, 2.05) is 17.0 Å². The molecule has 0 saturated carbocycles. The van der Waals surface area contributed by atoms with E-state index in [1.165, 1.54) is 0 Å². The summed E-state index contributed by atoms with van der Waals surface area (Å²) in [6.07, 6.45) is 3.80. The van der Waals surface area contributed by atoms with Crippen molar-refractivity contribution in [2.24, 2.45) is 0 Å². The van der Waals surface area contributed by atoms with Gasteiger partial charge in [0.15, 0.2) is 17.3 Å². The van der Waals surface area contributed by atoms with Crippen LogP contribution in [-0.2, 0) is 20.7 Å². The first-order valence-electron chi connectivity index (χ1n) is 11.9. The largest absolute Gasteiger partial charge is 0.355 e. The van der Waals surface area contributed by atoms with Crippen LogP contribution in [0.1, 0.15) is 38.4 Å². The molecule has 2 aromatic rings. The second-order valence-corrected chi connectivity index (χ2v) is 8.89. The Bertz CT molecular complexity index is 925. The summed E-state index contributed by atoms with van der Waals surface area (Å²) in [6.45, 7) is 9.88. The average molecular weight is 444 g/mol. The second kappa shape index (κ2) is 9.29. The molecule has 3 fully saturated rings. The van der Waals surface area contributed by atoms with Crippen LogP contribution < -0.4 is 4.90 Å². The van der Waals surface area contributed by atoms with Gasteiger partial charge in [0.05, 0.1) is 13.2 Å². The number of rotatable bonds is 6. The molecule has 10 heteroatoms. The maximum atomic E-state index is 12.7. The smallest absolute Gasteiger partial charge is 0.223 e. The van der Waals surface area contributed by atoms with Gasteiger partial charge in [-0.1, -0.05) is 6.92 Å².